The summed E-state index contributed by atoms with van der Waals surface area (Å²) in [5.41, 5.74) is 3.74. The van der Waals surface area contributed by atoms with Crippen molar-refractivity contribution in [2.75, 3.05) is 30.5 Å². The van der Waals surface area contributed by atoms with Crippen LogP contribution < -0.4 is 14.5 Å². The number of aromatic nitrogens is 1. The van der Waals surface area contributed by atoms with Crippen molar-refractivity contribution in [2.24, 2.45) is 0 Å². The summed E-state index contributed by atoms with van der Waals surface area (Å²) >= 11 is 7.58. The van der Waals surface area contributed by atoms with Gasteiger partial charge in [-0.2, -0.15) is 0 Å². The summed E-state index contributed by atoms with van der Waals surface area (Å²) in [7, 11) is 3.86. The molecule has 1 unspecified atom stereocenters. The van der Waals surface area contributed by atoms with E-state index < -0.39 is 17.7 Å². The van der Waals surface area contributed by atoms with Crippen molar-refractivity contribution in [3.63, 3.8) is 0 Å². The zero-order valence-electron chi connectivity index (χ0n) is 21.4. The number of halogens is 1. The number of ketones is 1. The number of aryl methyl sites for hydroxylation is 1. The van der Waals surface area contributed by atoms with Gasteiger partial charge in [-0.05, 0) is 67.4 Å². The largest absolute Gasteiger partial charge is 0.507 e. The Morgan fingerprint density at radius 2 is 1.84 bits per heavy atom. The fourth-order valence-corrected chi connectivity index (χ4v) is 5.76. The number of fused-ring (bicyclic) bond motifs is 1. The van der Waals surface area contributed by atoms with Crippen LogP contribution in [0.5, 0.6) is 5.75 Å². The number of benzene rings is 3. The van der Waals surface area contributed by atoms with Gasteiger partial charge in [-0.15, -0.1) is 0 Å². The topological polar surface area (TPSA) is 83.0 Å². The van der Waals surface area contributed by atoms with Gasteiger partial charge < -0.3 is 14.7 Å². The van der Waals surface area contributed by atoms with Gasteiger partial charge in [0.05, 0.1) is 33.5 Å². The molecule has 4 aromatic rings. The molecule has 38 heavy (non-hydrogen) atoms. The molecule has 0 saturated carbocycles. The van der Waals surface area contributed by atoms with Crippen LogP contribution in [0.2, 0.25) is 5.02 Å². The van der Waals surface area contributed by atoms with E-state index in [1.54, 1.807) is 18.2 Å². The molecule has 194 valence electrons. The molecule has 0 aliphatic carbocycles. The third-order valence-corrected chi connectivity index (χ3v) is 7.74. The minimum absolute atomic E-state index is 0.0205. The average Bonchev–Trinajstić information content (AvgIpc) is 3.42. The summed E-state index contributed by atoms with van der Waals surface area (Å²) in [5.74, 6) is -1.46. The molecule has 1 aliphatic heterocycles. The van der Waals surface area contributed by atoms with E-state index in [9.17, 15) is 14.7 Å². The second-order valence-corrected chi connectivity index (χ2v) is 10.6. The Balaban J connectivity index is 1.71. The number of carbonyl (C=O) groups excluding carboxylic acids is 2. The SMILES string of the molecule is CCOc1cc(/C(O)=C2\C(=O)C(=O)N(c3nc4ccc(C)cc4s3)C2c2ccc(N(C)C)cc2)ccc1Cl. The molecule has 1 aliphatic rings. The first-order valence-electron chi connectivity index (χ1n) is 12.1. The Labute approximate surface area is 229 Å². The number of nitrogens with zero attached hydrogens (tertiary/aromatic N) is 3. The summed E-state index contributed by atoms with van der Waals surface area (Å²) in [6, 6.07) is 17.3. The fourth-order valence-electron chi connectivity index (χ4n) is 4.49. The first-order valence-corrected chi connectivity index (χ1v) is 13.3. The highest BCUT2D eigenvalue weighted by Gasteiger charge is 2.48. The second-order valence-electron chi connectivity index (χ2n) is 9.20. The lowest BCUT2D eigenvalue weighted by Gasteiger charge is -2.23. The van der Waals surface area contributed by atoms with Crippen LogP contribution in [-0.2, 0) is 9.59 Å². The van der Waals surface area contributed by atoms with Crippen LogP contribution in [0.15, 0.2) is 66.2 Å². The summed E-state index contributed by atoms with van der Waals surface area (Å²) in [6.45, 7) is 4.19. The van der Waals surface area contributed by atoms with Crippen molar-refractivity contribution in [1.82, 2.24) is 4.98 Å². The number of amides is 1. The van der Waals surface area contributed by atoms with Crippen molar-refractivity contribution < 1.29 is 19.4 Å². The van der Waals surface area contributed by atoms with E-state index in [0.717, 1.165) is 21.5 Å². The molecule has 1 fully saturated rings. The molecule has 0 radical (unpaired) electrons. The number of thiazole rings is 1. The molecule has 1 amide bonds. The lowest BCUT2D eigenvalue weighted by molar-refractivity contribution is -0.132. The third kappa shape index (κ3) is 4.50. The highest BCUT2D eigenvalue weighted by molar-refractivity contribution is 7.22. The Kier molecular flexibility index (Phi) is 6.86. The van der Waals surface area contributed by atoms with Gasteiger partial charge in [-0.3, -0.25) is 14.5 Å². The highest BCUT2D eigenvalue weighted by atomic mass is 35.5. The van der Waals surface area contributed by atoms with Gasteiger partial charge in [0.25, 0.3) is 5.78 Å². The summed E-state index contributed by atoms with van der Waals surface area (Å²) in [4.78, 5) is 35.1. The molecule has 0 bridgehead atoms. The van der Waals surface area contributed by atoms with Gasteiger partial charge in [0.2, 0.25) is 0 Å². The summed E-state index contributed by atoms with van der Waals surface area (Å²) in [5, 5.41) is 12.2. The number of anilines is 2. The van der Waals surface area contributed by atoms with Crippen LogP contribution in [0.3, 0.4) is 0 Å². The van der Waals surface area contributed by atoms with Crippen molar-refractivity contribution in [3.05, 3.63) is 87.9 Å². The van der Waals surface area contributed by atoms with Crippen LogP contribution in [0.1, 0.15) is 29.7 Å². The number of carbonyl (C=O) groups is 2. The maximum absolute atomic E-state index is 13.5. The first-order chi connectivity index (χ1) is 18.2. The van der Waals surface area contributed by atoms with Gasteiger partial charge in [0, 0.05) is 25.3 Å². The predicted octanol–water partition coefficient (Wildman–Crippen LogP) is 6.35. The Morgan fingerprint density at radius 3 is 2.53 bits per heavy atom. The lowest BCUT2D eigenvalue weighted by atomic mass is 9.95. The molecular formula is C29H26ClN3O4S. The molecule has 7 nitrogen and oxygen atoms in total. The molecule has 0 spiro atoms. The van der Waals surface area contributed by atoms with Crippen LogP contribution in [0.25, 0.3) is 16.0 Å². The molecule has 1 saturated heterocycles. The predicted molar refractivity (Wildman–Crippen MR) is 153 cm³/mol. The summed E-state index contributed by atoms with van der Waals surface area (Å²) in [6.07, 6.45) is 0. The van der Waals surface area contributed by atoms with E-state index in [2.05, 4.69) is 4.98 Å². The van der Waals surface area contributed by atoms with E-state index in [0.29, 0.717) is 33.6 Å². The highest BCUT2D eigenvalue weighted by Crippen LogP contribution is 2.45. The van der Waals surface area contributed by atoms with Gasteiger partial charge in [-0.1, -0.05) is 41.1 Å². The maximum Gasteiger partial charge on any atom is 0.301 e. The van der Waals surface area contributed by atoms with E-state index in [1.165, 1.54) is 16.2 Å². The lowest BCUT2D eigenvalue weighted by Crippen LogP contribution is -2.29. The first kappa shape index (κ1) is 25.8. The zero-order valence-corrected chi connectivity index (χ0v) is 22.9. The zero-order chi connectivity index (χ0) is 27.1. The molecule has 1 aromatic heterocycles. The van der Waals surface area contributed by atoms with Gasteiger partial charge in [0.15, 0.2) is 5.13 Å². The minimum Gasteiger partial charge on any atom is -0.507 e. The van der Waals surface area contributed by atoms with Crippen LogP contribution in [-0.4, -0.2) is 42.5 Å². The minimum atomic E-state index is -0.876. The number of aliphatic hydroxyl groups excluding tert-OH is 1. The quantitative estimate of drug-likeness (QED) is 0.172. The van der Waals surface area contributed by atoms with Crippen LogP contribution >= 0.6 is 22.9 Å². The Hall–Kier alpha value is -3.88. The van der Waals surface area contributed by atoms with Crippen molar-refractivity contribution in [2.45, 2.75) is 19.9 Å². The monoisotopic (exact) mass is 547 g/mol. The standard InChI is InChI=1S/C29H26ClN3O4S/c1-5-37-22-15-18(9-12-20(22)30)26(34)24-25(17-7-10-19(11-8-17)32(3)4)33(28(36)27(24)35)29-31-21-13-6-16(2)14-23(21)38-29/h6-15,25,34H,5H2,1-4H3/b26-24+. The van der Waals surface area contributed by atoms with Crippen LogP contribution in [0, 0.1) is 6.92 Å². The molecule has 5 rings (SSSR count). The van der Waals surface area contributed by atoms with E-state index in [1.807, 2.05) is 75.3 Å². The maximum atomic E-state index is 13.5. The van der Waals surface area contributed by atoms with Crippen molar-refractivity contribution in [1.29, 1.82) is 0 Å². The molecular weight excluding hydrogens is 522 g/mol. The van der Waals surface area contributed by atoms with E-state index in [4.69, 9.17) is 16.3 Å². The normalized spacial score (nSPS) is 16.9. The number of hydrogen-bond donors (Lipinski definition) is 1. The van der Waals surface area contributed by atoms with Crippen molar-refractivity contribution in [3.8, 4) is 5.75 Å². The third-order valence-electron chi connectivity index (χ3n) is 6.41. The average molecular weight is 548 g/mol. The molecule has 1 atom stereocenters. The van der Waals surface area contributed by atoms with E-state index >= 15 is 0 Å². The molecule has 1 N–H and O–H groups in total. The molecule has 9 heteroatoms. The number of rotatable bonds is 6. The van der Waals surface area contributed by atoms with Gasteiger partial charge in [0.1, 0.15) is 11.5 Å². The van der Waals surface area contributed by atoms with Crippen LogP contribution in [0.4, 0.5) is 10.8 Å². The molecule has 3 aromatic carbocycles. The van der Waals surface area contributed by atoms with Gasteiger partial charge in [-0.25, -0.2) is 4.98 Å². The van der Waals surface area contributed by atoms with Crippen molar-refractivity contribution >= 4 is 61.4 Å². The molecule has 2 heterocycles. The number of aliphatic hydroxyl groups is 1. The smallest absolute Gasteiger partial charge is 0.301 e. The Morgan fingerprint density at radius 1 is 1.11 bits per heavy atom. The Bertz CT molecular complexity index is 1590. The fraction of sp³-hybridized carbons (Fsp3) is 0.207. The second kappa shape index (κ2) is 10.1. The number of Topliss-reactive ketones (excluding diaryl/α,β-unsaturated/α-hetero) is 1. The number of hydrogen-bond acceptors (Lipinski definition) is 7. The summed E-state index contributed by atoms with van der Waals surface area (Å²) < 4.78 is 6.48. The van der Waals surface area contributed by atoms with E-state index in [-0.39, 0.29) is 11.3 Å². The number of ether oxygens (including phenoxy) is 1. The van der Waals surface area contributed by atoms with Gasteiger partial charge >= 0.3 is 5.91 Å².